The molecule has 0 saturated carbocycles. The van der Waals surface area contributed by atoms with Crippen molar-refractivity contribution < 1.29 is 4.52 Å². The Kier molecular flexibility index (Phi) is 2.46. The Morgan fingerprint density at radius 3 is 2.59 bits per heavy atom. The first-order valence-corrected chi connectivity index (χ1v) is 5.40. The van der Waals surface area contributed by atoms with Crippen molar-refractivity contribution in [2.75, 3.05) is 0 Å². The Morgan fingerprint density at radius 2 is 1.94 bits per heavy atom. The number of benzene rings is 1. The third-order valence-electron chi connectivity index (χ3n) is 2.69. The Bertz CT molecular complexity index is 524. The fourth-order valence-corrected chi connectivity index (χ4v) is 1.93. The molecule has 0 fully saturated rings. The molecule has 4 nitrogen and oxygen atoms in total. The molecule has 1 N–H and O–H groups in total. The smallest absolute Gasteiger partial charge is 0.239 e. The molecule has 84 valence electrons. The summed E-state index contributed by atoms with van der Waals surface area (Å²) in [6.45, 7) is 0. The summed E-state index contributed by atoms with van der Waals surface area (Å²) in [4.78, 5) is 7.35. The molecule has 2 heterocycles. The van der Waals surface area contributed by atoms with Crippen LogP contribution < -0.4 is 0 Å². The molecule has 0 aliphatic carbocycles. The Morgan fingerprint density at radius 1 is 1.06 bits per heavy atom. The lowest BCUT2D eigenvalue weighted by Crippen LogP contribution is -2.03. The van der Waals surface area contributed by atoms with E-state index in [1.165, 1.54) is 6.33 Å². The quantitative estimate of drug-likeness (QED) is 0.745. The third kappa shape index (κ3) is 1.85. The van der Waals surface area contributed by atoms with Gasteiger partial charge in [-0.1, -0.05) is 35.5 Å². The summed E-state index contributed by atoms with van der Waals surface area (Å²) in [6.07, 6.45) is 3.32. The number of aromatic amines is 1. The van der Waals surface area contributed by atoms with Gasteiger partial charge in [0.15, 0.2) is 6.33 Å². The van der Waals surface area contributed by atoms with Crippen LogP contribution in [0.4, 0.5) is 0 Å². The predicted octanol–water partition coefficient (Wildman–Crippen LogP) is 2.58. The van der Waals surface area contributed by atoms with Gasteiger partial charge in [-0.15, -0.1) is 0 Å². The highest BCUT2D eigenvalue weighted by Gasteiger charge is 2.22. The van der Waals surface area contributed by atoms with Crippen molar-refractivity contribution in [1.29, 1.82) is 0 Å². The van der Waals surface area contributed by atoms with Gasteiger partial charge < -0.3 is 9.51 Å². The maximum atomic E-state index is 5.19. The molecule has 2 aromatic heterocycles. The lowest BCUT2D eigenvalue weighted by Gasteiger charge is -2.11. The highest BCUT2D eigenvalue weighted by molar-refractivity contribution is 5.33. The zero-order valence-electron chi connectivity index (χ0n) is 9.08. The average molecular weight is 225 g/mol. The molecule has 0 saturated heterocycles. The van der Waals surface area contributed by atoms with Crippen molar-refractivity contribution in [3.63, 3.8) is 0 Å². The number of nitrogens with one attached hydrogen (secondary N) is 1. The summed E-state index contributed by atoms with van der Waals surface area (Å²) in [5.41, 5.74) is 2.17. The molecule has 0 bridgehead atoms. The highest BCUT2D eigenvalue weighted by atomic mass is 16.5. The van der Waals surface area contributed by atoms with E-state index in [1.54, 1.807) is 0 Å². The SMILES string of the molecule is c1ccc(C(c2ccc[nH]2)c2ncno2)cc1. The first-order chi connectivity index (χ1) is 8.45. The topological polar surface area (TPSA) is 54.7 Å². The van der Waals surface area contributed by atoms with E-state index in [1.807, 2.05) is 36.5 Å². The van der Waals surface area contributed by atoms with Crippen LogP contribution in [0.25, 0.3) is 0 Å². The van der Waals surface area contributed by atoms with E-state index >= 15 is 0 Å². The van der Waals surface area contributed by atoms with Crippen LogP contribution in [-0.4, -0.2) is 15.1 Å². The van der Waals surface area contributed by atoms with Gasteiger partial charge in [-0.25, -0.2) is 0 Å². The van der Waals surface area contributed by atoms with Crippen molar-refractivity contribution in [1.82, 2.24) is 15.1 Å². The fraction of sp³-hybridized carbons (Fsp3) is 0.0769. The number of rotatable bonds is 3. The second kappa shape index (κ2) is 4.25. The van der Waals surface area contributed by atoms with E-state index in [0.717, 1.165) is 11.3 Å². The first kappa shape index (κ1) is 9.84. The molecule has 0 aliphatic heterocycles. The molecule has 0 amide bonds. The highest BCUT2D eigenvalue weighted by Crippen LogP contribution is 2.28. The van der Waals surface area contributed by atoms with E-state index in [4.69, 9.17) is 4.52 Å². The van der Waals surface area contributed by atoms with Crippen LogP contribution in [0.1, 0.15) is 23.1 Å². The van der Waals surface area contributed by atoms with Crippen molar-refractivity contribution in [2.24, 2.45) is 0 Å². The van der Waals surface area contributed by atoms with Gasteiger partial charge in [0, 0.05) is 11.9 Å². The largest absolute Gasteiger partial charge is 0.364 e. The van der Waals surface area contributed by atoms with Crippen molar-refractivity contribution in [2.45, 2.75) is 5.92 Å². The van der Waals surface area contributed by atoms with E-state index in [9.17, 15) is 0 Å². The summed E-state index contributed by atoms with van der Waals surface area (Å²) >= 11 is 0. The normalized spacial score (nSPS) is 12.5. The summed E-state index contributed by atoms with van der Waals surface area (Å²) in [5, 5.41) is 3.68. The molecule has 0 aliphatic rings. The molecule has 0 radical (unpaired) electrons. The molecular formula is C13H11N3O. The Hall–Kier alpha value is -2.36. The van der Waals surface area contributed by atoms with E-state index in [-0.39, 0.29) is 5.92 Å². The van der Waals surface area contributed by atoms with Crippen molar-refractivity contribution >= 4 is 0 Å². The van der Waals surface area contributed by atoms with Gasteiger partial charge in [-0.05, 0) is 17.7 Å². The van der Waals surface area contributed by atoms with Gasteiger partial charge in [0.2, 0.25) is 5.89 Å². The van der Waals surface area contributed by atoms with Crippen LogP contribution in [0.2, 0.25) is 0 Å². The maximum absolute atomic E-state index is 5.19. The van der Waals surface area contributed by atoms with Crippen LogP contribution in [0.5, 0.6) is 0 Å². The minimum atomic E-state index is -0.0336. The molecule has 17 heavy (non-hydrogen) atoms. The molecule has 1 unspecified atom stereocenters. The Labute approximate surface area is 98.3 Å². The van der Waals surface area contributed by atoms with Crippen LogP contribution in [0, 0.1) is 0 Å². The van der Waals surface area contributed by atoms with Crippen molar-refractivity contribution in [3.8, 4) is 0 Å². The minimum absolute atomic E-state index is 0.0336. The van der Waals surface area contributed by atoms with Crippen molar-refractivity contribution in [3.05, 3.63) is 72.1 Å². The van der Waals surface area contributed by atoms with Crippen LogP contribution in [-0.2, 0) is 0 Å². The van der Waals surface area contributed by atoms with Gasteiger partial charge in [0.25, 0.3) is 0 Å². The van der Waals surface area contributed by atoms with Gasteiger partial charge in [-0.3, -0.25) is 0 Å². The summed E-state index contributed by atoms with van der Waals surface area (Å²) < 4.78 is 5.19. The first-order valence-electron chi connectivity index (χ1n) is 5.40. The summed E-state index contributed by atoms with van der Waals surface area (Å²) in [5.74, 6) is 0.562. The Balaban J connectivity index is 2.10. The second-order valence-electron chi connectivity index (χ2n) is 3.75. The predicted molar refractivity (Wildman–Crippen MR) is 62.5 cm³/mol. The molecule has 3 aromatic rings. The summed E-state index contributed by atoms with van der Waals surface area (Å²) in [7, 11) is 0. The molecule has 1 atom stereocenters. The number of hydrogen-bond acceptors (Lipinski definition) is 3. The second-order valence-corrected chi connectivity index (χ2v) is 3.75. The minimum Gasteiger partial charge on any atom is -0.364 e. The van der Waals surface area contributed by atoms with Gasteiger partial charge in [-0.2, -0.15) is 4.98 Å². The van der Waals surface area contributed by atoms with E-state index in [0.29, 0.717) is 5.89 Å². The lowest BCUT2D eigenvalue weighted by atomic mass is 9.96. The van der Waals surface area contributed by atoms with Gasteiger partial charge >= 0.3 is 0 Å². The maximum Gasteiger partial charge on any atom is 0.239 e. The molecule has 4 heteroatoms. The van der Waals surface area contributed by atoms with E-state index in [2.05, 4.69) is 27.3 Å². The number of nitrogens with zero attached hydrogens (tertiary/aromatic N) is 2. The molecule has 1 aromatic carbocycles. The van der Waals surface area contributed by atoms with Gasteiger partial charge in [0.1, 0.15) is 5.92 Å². The van der Waals surface area contributed by atoms with Crippen LogP contribution in [0.15, 0.2) is 59.5 Å². The zero-order valence-corrected chi connectivity index (χ0v) is 9.08. The van der Waals surface area contributed by atoms with Gasteiger partial charge in [0.05, 0.1) is 0 Å². The standard InChI is InChI=1S/C13H11N3O/c1-2-5-10(6-3-1)12(11-7-4-8-14-11)13-15-9-16-17-13/h1-9,12,14H. The number of aromatic nitrogens is 3. The average Bonchev–Trinajstić information content (AvgIpc) is 3.04. The monoisotopic (exact) mass is 225 g/mol. The van der Waals surface area contributed by atoms with E-state index < -0.39 is 0 Å². The van der Waals surface area contributed by atoms with Crippen LogP contribution >= 0.6 is 0 Å². The number of hydrogen-bond donors (Lipinski definition) is 1. The number of H-pyrrole nitrogens is 1. The fourth-order valence-electron chi connectivity index (χ4n) is 1.93. The van der Waals surface area contributed by atoms with Crippen LogP contribution in [0.3, 0.4) is 0 Å². The summed E-state index contributed by atoms with van der Waals surface area (Å²) in [6, 6.07) is 14.1. The molecule has 3 rings (SSSR count). The lowest BCUT2D eigenvalue weighted by molar-refractivity contribution is 0.373. The third-order valence-corrected chi connectivity index (χ3v) is 2.69. The molecule has 0 spiro atoms. The zero-order chi connectivity index (χ0) is 11.5. The molecular weight excluding hydrogens is 214 g/mol.